The first-order valence-electron chi connectivity index (χ1n) is 7.17. The maximum atomic E-state index is 5.12. The average Bonchev–Trinajstić information content (AvgIpc) is 3.07. The Hall–Kier alpha value is -1.93. The van der Waals surface area contributed by atoms with Crippen LogP contribution in [0.4, 0.5) is 5.13 Å². The Kier molecular flexibility index (Phi) is 4.12. The molecule has 0 aliphatic carbocycles. The van der Waals surface area contributed by atoms with Gasteiger partial charge in [0, 0.05) is 24.9 Å². The van der Waals surface area contributed by atoms with Gasteiger partial charge in [-0.05, 0) is 20.8 Å². The van der Waals surface area contributed by atoms with Gasteiger partial charge in [0.15, 0.2) is 0 Å². The van der Waals surface area contributed by atoms with E-state index in [-0.39, 0.29) is 0 Å². The molecule has 7 nitrogen and oxygen atoms in total. The van der Waals surface area contributed by atoms with Crippen LogP contribution < -0.4 is 5.32 Å². The molecule has 0 spiro atoms. The quantitative estimate of drug-likeness (QED) is 0.754. The Labute approximate surface area is 132 Å². The minimum Gasteiger partial charge on any atom is -0.383 e. The van der Waals surface area contributed by atoms with Crippen LogP contribution in [0.25, 0.3) is 4.96 Å². The van der Waals surface area contributed by atoms with E-state index in [1.807, 2.05) is 29.2 Å². The molecule has 0 aromatic carbocycles. The first-order valence-corrected chi connectivity index (χ1v) is 7.98. The van der Waals surface area contributed by atoms with E-state index in [4.69, 9.17) is 4.74 Å². The lowest BCUT2D eigenvalue weighted by Crippen LogP contribution is -2.08. The summed E-state index contributed by atoms with van der Waals surface area (Å²) in [6, 6.07) is 0. The van der Waals surface area contributed by atoms with Crippen molar-refractivity contribution in [3.63, 3.8) is 0 Å². The molecule has 0 aliphatic heterocycles. The summed E-state index contributed by atoms with van der Waals surface area (Å²) in [5.41, 5.74) is 4.40. The summed E-state index contributed by atoms with van der Waals surface area (Å²) in [6.07, 6.45) is 1.93. The summed E-state index contributed by atoms with van der Waals surface area (Å²) < 4.78 is 8.92. The maximum Gasteiger partial charge on any atom is 0.214 e. The number of aromatic nitrogens is 5. The summed E-state index contributed by atoms with van der Waals surface area (Å²) in [7, 11) is 1.70. The van der Waals surface area contributed by atoms with Crippen molar-refractivity contribution in [2.24, 2.45) is 0 Å². The second kappa shape index (κ2) is 6.05. The number of fused-ring (bicyclic) bond motifs is 1. The van der Waals surface area contributed by atoms with E-state index in [9.17, 15) is 0 Å². The van der Waals surface area contributed by atoms with Crippen molar-refractivity contribution >= 4 is 21.4 Å². The van der Waals surface area contributed by atoms with Gasteiger partial charge in [-0.1, -0.05) is 11.3 Å². The fourth-order valence-corrected chi connectivity index (χ4v) is 3.25. The summed E-state index contributed by atoms with van der Waals surface area (Å²) in [6.45, 7) is 8.23. The van der Waals surface area contributed by atoms with Crippen LogP contribution in [0.2, 0.25) is 0 Å². The predicted octanol–water partition coefficient (Wildman–Crippen LogP) is 2.17. The molecule has 0 radical (unpaired) electrons. The van der Waals surface area contributed by atoms with Crippen molar-refractivity contribution in [1.82, 2.24) is 24.4 Å². The maximum absolute atomic E-state index is 5.12. The molecular weight excluding hydrogens is 300 g/mol. The van der Waals surface area contributed by atoms with E-state index in [1.54, 1.807) is 18.4 Å². The molecule has 118 valence electrons. The van der Waals surface area contributed by atoms with Crippen molar-refractivity contribution in [2.45, 2.75) is 33.9 Å². The third-order valence-electron chi connectivity index (χ3n) is 3.62. The third-order valence-corrected chi connectivity index (χ3v) is 4.50. The number of rotatable bonds is 6. The van der Waals surface area contributed by atoms with E-state index in [0.29, 0.717) is 13.2 Å². The minimum absolute atomic E-state index is 0.665. The smallest absolute Gasteiger partial charge is 0.214 e. The number of anilines is 1. The van der Waals surface area contributed by atoms with Gasteiger partial charge < -0.3 is 10.1 Å². The second-order valence-corrected chi connectivity index (χ2v) is 6.19. The van der Waals surface area contributed by atoms with Gasteiger partial charge in [-0.15, -0.1) is 5.10 Å². The van der Waals surface area contributed by atoms with Crippen LogP contribution in [-0.2, 0) is 17.8 Å². The SMILES string of the molecule is COCCn1nc(C)c(CNc2nn3cc(C)nc3s2)c1C. The number of hydrogen-bond donors (Lipinski definition) is 1. The van der Waals surface area contributed by atoms with Crippen LogP contribution in [0.15, 0.2) is 6.20 Å². The summed E-state index contributed by atoms with van der Waals surface area (Å²) >= 11 is 1.55. The molecule has 3 aromatic rings. The van der Waals surface area contributed by atoms with Gasteiger partial charge in [-0.3, -0.25) is 4.68 Å². The molecule has 22 heavy (non-hydrogen) atoms. The standard InChI is InChI=1S/C14H20N6OS/c1-9-8-20-14(16-9)22-13(18-20)15-7-12-10(2)17-19(11(12)3)5-6-21-4/h8H,5-7H2,1-4H3,(H,15,18). The normalized spacial score (nSPS) is 11.5. The lowest BCUT2D eigenvalue weighted by Gasteiger charge is -2.05. The van der Waals surface area contributed by atoms with Crippen LogP contribution in [0, 0.1) is 20.8 Å². The first-order chi connectivity index (χ1) is 10.6. The molecule has 3 rings (SSSR count). The lowest BCUT2D eigenvalue weighted by molar-refractivity contribution is 0.182. The highest BCUT2D eigenvalue weighted by Gasteiger charge is 2.12. The van der Waals surface area contributed by atoms with E-state index < -0.39 is 0 Å². The van der Waals surface area contributed by atoms with Crippen molar-refractivity contribution in [1.29, 1.82) is 0 Å². The van der Waals surface area contributed by atoms with Gasteiger partial charge in [-0.2, -0.15) is 5.10 Å². The zero-order valence-electron chi connectivity index (χ0n) is 13.3. The van der Waals surface area contributed by atoms with Crippen LogP contribution in [0.1, 0.15) is 22.6 Å². The fraction of sp³-hybridized carbons (Fsp3) is 0.500. The molecule has 1 N–H and O–H groups in total. The third kappa shape index (κ3) is 2.84. The van der Waals surface area contributed by atoms with Gasteiger partial charge in [0.2, 0.25) is 10.1 Å². The Balaban J connectivity index is 1.72. The Bertz CT molecular complexity index is 755. The molecule has 0 amide bonds. The molecule has 0 bridgehead atoms. The van der Waals surface area contributed by atoms with E-state index in [1.165, 1.54) is 11.3 Å². The van der Waals surface area contributed by atoms with Crippen molar-refractivity contribution in [3.8, 4) is 0 Å². The molecule has 3 heterocycles. The number of ether oxygens (including phenoxy) is 1. The second-order valence-electron chi connectivity index (χ2n) is 5.24. The Morgan fingerprint density at radius 1 is 1.27 bits per heavy atom. The Morgan fingerprint density at radius 3 is 2.82 bits per heavy atom. The largest absolute Gasteiger partial charge is 0.383 e. The van der Waals surface area contributed by atoms with Gasteiger partial charge in [0.25, 0.3) is 0 Å². The molecule has 0 saturated carbocycles. The van der Waals surface area contributed by atoms with Gasteiger partial charge in [0.05, 0.1) is 30.7 Å². The highest BCUT2D eigenvalue weighted by atomic mass is 32.1. The van der Waals surface area contributed by atoms with Crippen molar-refractivity contribution in [3.05, 3.63) is 28.8 Å². The summed E-state index contributed by atoms with van der Waals surface area (Å²) in [4.78, 5) is 5.32. The minimum atomic E-state index is 0.665. The van der Waals surface area contributed by atoms with E-state index in [0.717, 1.165) is 28.0 Å². The Morgan fingerprint density at radius 2 is 2.09 bits per heavy atom. The lowest BCUT2D eigenvalue weighted by atomic mass is 10.2. The topological polar surface area (TPSA) is 69.3 Å². The molecule has 0 fully saturated rings. The summed E-state index contributed by atoms with van der Waals surface area (Å²) in [5.74, 6) is 0. The van der Waals surface area contributed by atoms with E-state index >= 15 is 0 Å². The molecule has 0 unspecified atom stereocenters. The zero-order chi connectivity index (χ0) is 15.7. The van der Waals surface area contributed by atoms with Crippen LogP contribution in [0.5, 0.6) is 0 Å². The number of aryl methyl sites for hydroxylation is 2. The molecule has 3 aromatic heterocycles. The molecule has 0 aliphatic rings. The molecule has 8 heteroatoms. The fourth-order valence-electron chi connectivity index (χ4n) is 2.43. The van der Waals surface area contributed by atoms with Gasteiger partial charge >= 0.3 is 0 Å². The number of imidazole rings is 1. The van der Waals surface area contributed by atoms with E-state index in [2.05, 4.69) is 27.4 Å². The van der Waals surface area contributed by atoms with Crippen LogP contribution in [-0.4, -0.2) is 38.1 Å². The highest BCUT2D eigenvalue weighted by molar-refractivity contribution is 7.20. The van der Waals surface area contributed by atoms with Crippen LogP contribution >= 0.6 is 11.3 Å². The van der Waals surface area contributed by atoms with Crippen LogP contribution in [0.3, 0.4) is 0 Å². The highest BCUT2D eigenvalue weighted by Crippen LogP contribution is 2.21. The van der Waals surface area contributed by atoms with Crippen molar-refractivity contribution in [2.75, 3.05) is 19.0 Å². The average molecular weight is 320 g/mol. The zero-order valence-corrected chi connectivity index (χ0v) is 14.1. The first kappa shape index (κ1) is 15.0. The van der Waals surface area contributed by atoms with Gasteiger partial charge in [-0.25, -0.2) is 9.50 Å². The predicted molar refractivity (Wildman–Crippen MR) is 86.5 cm³/mol. The molecule has 0 saturated heterocycles. The molecular formula is C14H20N6OS. The number of nitrogens with zero attached hydrogens (tertiary/aromatic N) is 5. The number of hydrogen-bond acceptors (Lipinski definition) is 6. The summed E-state index contributed by atoms with van der Waals surface area (Å²) in [5, 5.41) is 13.3. The van der Waals surface area contributed by atoms with Crippen molar-refractivity contribution < 1.29 is 4.74 Å². The van der Waals surface area contributed by atoms with Gasteiger partial charge in [0.1, 0.15) is 0 Å². The number of nitrogens with one attached hydrogen (secondary N) is 1. The number of methoxy groups -OCH3 is 1. The molecule has 0 atom stereocenters. The monoisotopic (exact) mass is 320 g/mol.